The second-order valence-corrected chi connectivity index (χ2v) is 4.92. The molecule has 4 heteroatoms. The number of benzene rings is 2. The fraction of sp³-hybridized carbons (Fsp3) is 0.143. The topological polar surface area (TPSA) is 26.0 Å². The van der Waals surface area contributed by atoms with Crippen LogP contribution in [0.3, 0.4) is 0 Å². The molecule has 0 saturated heterocycles. The average Bonchev–Trinajstić information content (AvgIpc) is 2.33. The van der Waals surface area contributed by atoms with Gasteiger partial charge < -0.3 is 5.73 Å². The van der Waals surface area contributed by atoms with Gasteiger partial charge in [0.25, 0.3) is 0 Å². The van der Waals surface area contributed by atoms with Crippen molar-refractivity contribution < 1.29 is 8.78 Å². The van der Waals surface area contributed by atoms with Crippen LogP contribution < -0.4 is 5.73 Å². The van der Waals surface area contributed by atoms with Crippen molar-refractivity contribution in [3.8, 4) is 0 Å². The zero-order chi connectivity index (χ0) is 13.1. The summed E-state index contributed by atoms with van der Waals surface area (Å²) in [7, 11) is 0. The summed E-state index contributed by atoms with van der Waals surface area (Å²) >= 11 is 3.28. The molecular weight excluding hydrogens is 300 g/mol. The molecule has 0 aliphatic carbocycles. The van der Waals surface area contributed by atoms with Crippen LogP contribution in [-0.4, -0.2) is 0 Å². The predicted octanol–water partition coefficient (Wildman–Crippen LogP) is 3.97. The molecule has 0 aliphatic heterocycles. The molecule has 0 radical (unpaired) electrons. The summed E-state index contributed by atoms with van der Waals surface area (Å²) < 4.78 is 27.2. The molecule has 0 spiro atoms. The maximum atomic E-state index is 13.6. The lowest BCUT2D eigenvalue weighted by Gasteiger charge is -2.14. The summed E-state index contributed by atoms with van der Waals surface area (Å²) in [6.07, 6.45) is 0.446. The second-order valence-electron chi connectivity index (χ2n) is 4.07. The molecule has 0 aromatic heterocycles. The maximum absolute atomic E-state index is 13.6. The Kier molecular flexibility index (Phi) is 4.09. The van der Waals surface area contributed by atoms with Gasteiger partial charge in [0.2, 0.25) is 0 Å². The van der Waals surface area contributed by atoms with E-state index in [1.54, 1.807) is 24.3 Å². The lowest BCUT2D eigenvalue weighted by Crippen LogP contribution is -2.15. The Morgan fingerprint density at radius 1 is 1.11 bits per heavy atom. The fourth-order valence-corrected chi connectivity index (χ4v) is 2.32. The van der Waals surface area contributed by atoms with Crippen molar-refractivity contribution in [2.45, 2.75) is 12.5 Å². The van der Waals surface area contributed by atoms with E-state index in [9.17, 15) is 8.78 Å². The highest BCUT2D eigenvalue weighted by Gasteiger charge is 2.13. The predicted molar refractivity (Wildman–Crippen MR) is 71.1 cm³/mol. The third-order valence-corrected chi connectivity index (χ3v) is 3.50. The van der Waals surface area contributed by atoms with E-state index in [0.717, 1.165) is 5.56 Å². The minimum absolute atomic E-state index is 0.315. The highest BCUT2D eigenvalue weighted by molar-refractivity contribution is 9.10. The normalized spacial score (nSPS) is 12.4. The van der Waals surface area contributed by atoms with Crippen molar-refractivity contribution in [3.05, 3.63) is 69.7 Å². The monoisotopic (exact) mass is 311 g/mol. The molecule has 0 aliphatic rings. The third-order valence-electron chi connectivity index (χ3n) is 2.76. The standard InChI is InChI=1S/C14H12BrF2N/c15-12-8-10(16)6-5-9(12)7-14(18)11-3-1-2-4-13(11)17/h1-6,8,14H,7,18H2. The highest BCUT2D eigenvalue weighted by atomic mass is 79.9. The fourth-order valence-electron chi connectivity index (χ4n) is 1.81. The number of hydrogen-bond acceptors (Lipinski definition) is 1. The molecule has 1 atom stereocenters. The molecule has 2 aromatic rings. The van der Waals surface area contributed by atoms with E-state index in [1.807, 2.05) is 0 Å². The smallest absolute Gasteiger partial charge is 0.127 e. The van der Waals surface area contributed by atoms with Gasteiger partial charge >= 0.3 is 0 Å². The van der Waals surface area contributed by atoms with Gasteiger partial charge in [-0.25, -0.2) is 8.78 Å². The zero-order valence-electron chi connectivity index (χ0n) is 9.54. The molecule has 1 unspecified atom stereocenters. The minimum atomic E-state index is -0.451. The van der Waals surface area contributed by atoms with Gasteiger partial charge in [0, 0.05) is 16.1 Å². The van der Waals surface area contributed by atoms with Crippen LogP contribution in [0, 0.1) is 11.6 Å². The zero-order valence-corrected chi connectivity index (χ0v) is 11.1. The number of halogens is 3. The molecule has 18 heavy (non-hydrogen) atoms. The minimum Gasteiger partial charge on any atom is -0.324 e. The van der Waals surface area contributed by atoms with Crippen molar-refractivity contribution in [1.82, 2.24) is 0 Å². The van der Waals surface area contributed by atoms with E-state index in [4.69, 9.17) is 5.73 Å². The van der Waals surface area contributed by atoms with Crippen LogP contribution in [0.2, 0.25) is 0 Å². The Morgan fingerprint density at radius 3 is 2.50 bits per heavy atom. The van der Waals surface area contributed by atoms with Crippen LogP contribution in [0.4, 0.5) is 8.78 Å². The van der Waals surface area contributed by atoms with E-state index in [2.05, 4.69) is 15.9 Å². The summed E-state index contributed by atoms with van der Waals surface area (Å²) in [5, 5.41) is 0. The first kappa shape index (κ1) is 13.2. The van der Waals surface area contributed by atoms with Gasteiger partial charge in [-0.2, -0.15) is 0 Å². The lowest BCUT2D eigenvalue weighted by molar-refractivity contribution is 0.579. The van der Waals surface area contributed by atoms with Crippen LogP contribution in [0.1, 0.15) is 17.2 Å². The molecule has 2 rings (SSSR count). The van der Waals surface area contributed by atoms with Crippen molar-refractivity contribution >= 4 is 15.9 Å². The number of rotatable bonds is 3. The lowest BCUT2D eigenvalue weighted by atomic mass is 9.99. The maximum Gasteiger partial charge on any atom is 0.127 e. The van der Waals surface area contributed by atoms with Crippen molar-refractivity contribution in [3.63, 3.8) is 0 Å². The van der Waals surface area contributed by atoms with E-state index in [-0.39, 0.29) is 11.6 Å². The third kappa shape index (κ3) is 2.94. The van der Waals surface area contributed by atoms with Gasteiger partial charge in [-0.15, -0.1) is 0 Å². The van der Waals surface area contributed by atoms with E-state index >= 15 is 0 Å². The molecular formula is C14H12BrF2N. The Labute approximate surface area is 113 Å². The summed E-state index contributed by atoms with van der Waals surface area (Å²) in [5.41, 5.74) is 7.30. The highest BCUT2D eigenvalue weighted by Crippen LogP contribution is 2.24. The molecule has 94 valence electrons. The molecule has 1 nitrogen and oxygen atoms in total. The molecule has 0 bridgehead atoms. The van der Waals surface area contributed by atoms with Gasteiger partial charge in [-0.3, -0.25) is 0 Å². The van der Waals surface area contributed by atoms with E-state index in [0.29, 0.717) is 16.5 Å². The molecule has 2 N–H and O–H groups in total. The summed E-state index contributed by atoms with van der Waals surface area (Å²) in [6, 6.07) is 10.4. The first-order chi connectivity index (χ1) is 8.58. The van der Waals surface area contributed by atoms with E-state index < -0.39 is 6.04 Å². The van der Waals surface area contributed by atoms with Gasteiger partial charge in [0.1, 0.15) is 11.6 Å². The van der Waals surface area contributed by atoms with E-state index in [1.165, 1.54) is 18.2 Å². The molecule has 2 aromatic carbocycles. The Hall–Kier alpha value is -1.26. The summed E-state index contributed by atoms with van der Waals surface area (Å²) in [4.78, 5) is 0. The Bertz CT molecular complexity index is 557. The molecule has 0 fully saturated rings. The van der Waals surface area contributed by atoms with Crippen LogP contribution in [0.15, 0.2) is 46.9 Å². The first-order valence-electron chi connectivity index (χ1n) is 5.52. The van der Waals surface area contributed by atoms with Crippen LogP contribution >= 0.6 is 15.9 Å². The van der Waals surface area contributed by atoms with Gasteiger partial charge in [-0.1, -0.05) is 40.2 Å². The van der Waals surface area contributed by atoms with Crippen molar-refractivity contribution in [2.75, 3.05) is 0 Å². The molecule has 0 saturated carbocycles. The van der Waals surface area contributed by atoms with Crippen LogP contribution in [0.5, 0.6) is 0 Å². The molecule has 0 amide bonds. The summed E-state index contributed by atoms with van der Waals surface area (Å²) in [6.45, 7) is 0. The Balaban J connectivity index is 2.21. The second kappa shape index (κ2) is 5.59. The number of nitrogens with two attached hydrogens (primary N) is 1. The SMILES string of the molecule is NC(Cc1ccc(F)cc1Br)c1ccccc1F. The largest absolute Gasteiger partial charge is 0.324 e. The van der Waals surface area contributed by atoms with Crippen molar-refractivity contribution in [2.24, 2.45) is 5.73 Å². The summed E-state index contributed by atoms with van der Waals surface area (Å²) in [5.74, 6) is -0.631. The first-order valence-corrected chi connectivity index (χ1v) is 6.31. The van der Waals surface area contributed by atoms with Gasteiger partial charge in [0.15, 0.2) is 0 Å². The van der Waals surface area contributed by atoms with Crippen LogP contribution in [-0.2, 0) is 6.42 Å². The van der Waals surface area contributed by atoms with Crippen molar-refractivity contribution in [1.29, 1.82) is 0 Å². The quantitative estimate of drug-likeness (QED) is 0.912. The number of hydrogen-bond donors (Lipinski definition) is 1. The van der Waals surface area contributed by atoms with Crippen LogP contribution in [0.25, 0.3) is 0 Å². The Morgan fingerprint density at radius 2 is 1.83 bits per heavy atom. The average molecular weight is 312 g/mol. The van der Waals surface area contributed by atoms with Gasteiger partial charge in [-0.05, 0) is 30.2 Å². The molecule has 0 heterocycles. The van der Waals surface area contributed by atoms with Gasteiger partial charge in [0.05, 0.1) is 0 Å².